The third kappa shape index (κ3) is 3.29. The number of nitrogens with zero attached hydrogens (tertiary/aromatic N) is 1. The highest BCUT2D eigenvalue weighted by Gasteiger charge is 2.53. The Morgan fingerprint density at radius 1 is 1.20 bits per heavy atom. The highest BCUT2D eigenvalue weighted by Crippen LogP contribution is 2.61. The van der Waals surface area contributed by atoms with Gasteiger partial charge in [-0.2, -0.15) is 0 Å². The van der Waals surface area contributed by atoms with E-state index in [2.05, 4.69) is 17.2 Å². The Balaban J connectivity index is 1.31. The van der Waals surface area contributed by atoms with Crippen molar-refractivity contribution in [2.75, 3.05) is 6.61 Å². The van der Waals surface area contributed by atoms with Gasteiger partial charge in [0.15, 0.2) is 6.61 Å². The summed E-state index contributed by atoms with van der Waals surface area (Å²) in [4.78, 5) is 28.1. The second kappa shape index (κ2) is 6.43. The molecule has 4 fully saturated rings. The zero-order valence-electron chi connectivity index (χ0n) is 14.7. The summed E-state index contributed by atoms with van der Waals surface area (Å²) >= 11 is 0. The van der Waals surface area contributed by atoms with Gasteiger partial charge in [-0.1, -0.05) is 6.07 Å². The Morgan fingerprint density at radius 2 is 1.84 bits per heavy atom. The van der Waals surface area contributed by atoms with Crippen LogP contribution in [0.4, 0.5) is 0 Å². The van der Waals surface area contributed by atoms with E-state index in [-0.39, 0.29) is 29.7 Å². The third-order valence-corrected chi connectivity index (χ3v) is 6.59. The summed E-state index contributed by atoms with van der Waals surface area (Å²) in [5.41, 5.74) is 0.486. The van der Waals surface area contributed by atoms with E-state index < -0.39 is 5.97 Å². The Labute approximate surface area is 148 Å². The van der Waals surface area contributed by atoms with Crippen molar-refractivity contribution in [2.45, 2.75) is 51.5 Å². The van der Waals surface area contributed by atoms with Gasteiger partial charge in [-0.3, -0.25) is 4.79 Å². The molecule has 1 N–H and O–H groups in total. The van der Waals surface area contributed by atoms with E-state index in [1.807, 2.05) is 0 Å². The monoisotopic (exact) mass is 342 g/mol. The number of pyridine rings is 1. The molecule has 5 rings (SSSR count). The lowest BCUT2D eigenvalue weighted by atomic mass is 9.48. The first-order valence-corrected chi connectivity index (χ1v) is 9.41. The first-order valence-electron chi connectivity index (χ1n) is 9.41. The van der Waals surface area contributed by atoms with Gasteiger partial charge in [0, 0.05) is 12.2 Å². The molecule has 25 heavy (non-hydrogen) atoms. The smallest absolute Gasteiger partial charge is 0.357 e. The Morgan fingerprint density at radius 3 is 2.40 bits per heavy atom. The summed E-state index contributed by atoms with van der Waals surface area (Å²) in [6.45, 7) is 1.89. The van der Waals surface area contributed by atoms with Crippen molar-refractivity contribution >= 4 is 11.9 Å². The van der Waals surface area contributed by atoms with E-state index in [1.54, 1.807) is 18.2 Å². The van der Waals surface area contributed by atoms with Gasteiger partial charge >= 0.3 is 5.97 Å². The van der Waals surface area contributed by atoms with Crippen molar-refractivity contribution in [3.63, 3.8) is 0 Å². The van der Waals surface area contributed by atoms with Gasteiger partial charge in [0.2, 0.25) is 0 Å². The predicted molar refractivity (Wildman–Crippen MR) is 92.7 cm³/mol. The fourth-order valence-electron chi connectivity index (χ4n) is 5.83. The molecule has 0 saturated heterocycles. The second-order valence-electron chi connectivity index (χ2n) is 8.36. The molecule has 0 radical (unpaired) electrons. The number of carbonyl (C=O) groups excluding carboxylic acids is 2. The molecule has 4 saturated carbocycles. The van der Waals surface area contributed by atoms with Gasteiger partial charge in [-0.25, -0.2) is 9.78 Å². The molecule has 1 atom stereocenters. The van der Waals surface area contributed by atoms with Crippen LogP contribution in [0.3, 0.4) is 0 Å². The number of carbonyl (C=O) groups is 2. The SMILES string of the molecule is C[C@H](NC(=O)COC(=O)c1ccccn1)C12CC3CC(CC(C3)C1)C2. The van der Waals surface area contributed by atoms with E-state index in [9.17, 15) is 9.59 Å². The summed E-state index contributed by atoms with van der Waals surface area (Å²) in [5, 5.41) is 3.11. The minimum absolute atomic E-state index is 0.141. The molecular formula is C20H26N2O3. The quantitative estimate of drug-likeness (QED) is 0.835. The average Bonchev–Trinajstić information content (AvgIpc) is 2.59. The van der Waals surface area contributed by atoms with Gasteiger partial charge in [-0.05, 0) is 80.8 Å². The summed E-state index contributed by atoms with van der Waals surface area (Å²) < 4.78 is 5.10. The molecule has 4 aliphatic carbocycles. The molecule has 134 valence electrons. The Bertz CT molecular complexity index is 623. The summed E-state index contributed by atoms with van der Waals surface area (Å²) in [6.07, 6.45) is 9.44. The van der Waals surface area contributed by atoms with Crippen LogP contribution >= 0.6 is 0 Å². The average molecular weight is 342 g/mol. The van der Waals surface area contributed by atoms with Gasteiger partial charge in [0.25, 0.3) is 5.91 Å². The molecule has 0 aliphatic heterocycles. The number of rotatable bonds is 5. The van der Waals surface area contributed by atoms with Crippen LogP contribution in [-0.4, -0.2) is 29.5 Å². The molecule has 5 heteroatoms. The highest BCUT2D eigenvalue weighted by molar-refractivity contribution is 5.89. The van der Waals surface area contributed by atoms with Crippen molar-refractivity contribution in [3.8, 4) is 0 Å². The van der Waals surface area contributed by atoms with Crippen molar-refractivity contribution in [2.24, 2.45) is 23.2 Å². The Hall–Kier alpha value is -1.91. The van der Waals surface area contributed by atoms with Crippen LogP contribution in [0.25, 0.3) is 0 Å². The first kappa shape index (κ1) is 16.6. The van der Waals surface area contributed by atoms with Gasteiger partial charge < -0.3 is 10.1 Å². The third-order valence-electron chi connectivity index (χ3n) is 6.59. The first-order chi connectivity index (χ1) is 12.0. The molecular weight excluding hydrogens is 316 g/mol. The molecule has 4 aliphatic rings. The van der Waals surface area contributed by atoms with Crippen LogP contribution in [0.15, 0.2) is 24.4 Å². The molecule has 4 bridgehead atoms. The fraction of sp³-hybridized carbons (Fsp3) is 0.650. The number of nitrogens with one attached hydrogen (secondary N) is 1. The van der Waals surface area contributed by atoms with Crippen molar-refractivity contribution in [1.29, 1.82) is 0 Å². The van der Waals surface area contributed by atoms with Crippen LogP contribution in [-0.2, 0) is 9.53 Å². The fourth-order valence-corrected chi connectivity index (χ4v) is 5.83. The normalized spacial score (nSPS) is 33.7. The maximum atomic E-state index is 12.3. The molecule has 0 spiro atoms. The van der Waals surface area contributed by atoms with Gasteiger partial charge in [0.1, 0.15) is 5.69 Å². The summed E-state index contributed by atoms with van der Waals surface area (Å²) in [6, 6.07) is 5.18. The Kier molecular flexibility index (Phi) is 4.26. The zero-order chi connectivity index (χ0) is 17.4. The highest BCUT2D eigenvalue weighted by atomic mass is 16.5. The van der Waals surface area contributed by atoms with Crippen molar-refractivity contribution < 1.29 is 14.3 Å². The lowest BCUT2D eigenvalue weighted by molar-refractivity contribution is -0.128. The number of esters is 1. The lowest BCUT2D eigenvalue weighted by Crippen LogP contribution is -2.56. The number of hydrogen-bond acceptors (Lipinski definition) is 4. The minimum Gasteiger partial charge on any atom is -0.451 e. The van der Waals surface area contributed by atoms with Crippen LogP contribution in [0.1, 0.15) is 55.9 Å². The molecule has 0 unspecified atom stereocenters. The topological polar surface area (TPSA) is 68.3 Å². The molecule has 5 nitrogen and oxygen atoms in total. The van der Waals surface area contributed by atoms with E-state index in [0.717, 1.165) is 17.8 Å². The molecule has 1 heterocycles. The van der Waals surface area contributed by atoms with E-state index in [4.69, 9.17) is 4.74 Å². The zero-order valence-corrected chi connectivity index (χ0v) is 14.7. The van der Waals surface area contributed by atoms with Crippen LogP contribution < -0.4 is 5.32 Å². The number of hydrogen-bond donors (Lipinski definition) is 1. The second-order valence-corrected chi connectivity index (χ2v) is 8.36. The number of amides is 1. The standard InChI is InChI=1S/C20H26N2O3/c1-13(20-9-14-6-15(10-20)8-16(7-14)11-20)22-18(23)12-25-19(24)17-4-2-3-5-21-17/h2-5,13-16H,6-12H2,1H3,(H,22,23)/t13-,14?,15?,16?,20?/m0/s1. The minimum atomic E-state index is -0.557. The van der Waals surface area contributed by atoms with Gasteiger partial charge in [-0.15, -0.1) is 0 Å². The number of ether oxygens (including phenoxy) is 1. The van der Waals surface area contributed by atoms with Crippen LogP contribution in [0.2, 0.25) is 0 Å². The van der Waals surface area contributed by atoms with Crippen molar-refractivity contribution in [3.05, 3.63) is 30.1 Å². The molecule has 1 aromatic heterocycles. The molecule has 0 aromatic carbocycles. The van der Waals surface area contributed by atoms with E-state index >= 15 is 0 Å². The van der Waals surface area contributed by atoms with Crippen molar-refractivity contribution in [1.82, 2.24) is 10.3 Å². The van der Waals surface area contributed by atoms with Gasteiger partial charge in [0.05, 0.1) is 0 Å². The lowest BCUT2D eigenvalue weighted by Gasteiger charge is -2.59. The number of aromatic nitrogens is 1. The maximum absolute atomic E-state index is 12.3. The van der Waals surface area contributed by atoms with E-state index in [1.165, 1.54) is 44.7 Å². The predicted octanol–water partition coefficient (Wildman–Crippen LogP) is 2.96. The summed E-state index contributed by atoms with van der Waals surface area (Å²) in [7, 11) is 0. The maximum Gasteiger partial charge on any atom is 0.357 e. The largest absolute Gasteiger partial charge is 0.451 e. The van der Waals surface area contributed by atoms with Crippen LogP contribution in [0, 0.1) is 23.2 Å². The van der Waals surface area contributed by atoms with E-state index in [0.29, 0.717) is 0 Å². The summed E-state index contributed by atoms with van der Waals surface area (Å²) in [5.74, 6) is 1.79. The molecule has 1 aromatic rings. The molecule has 1 amide bonds. The van der Waals surface area contributed by atoms with Crippen LogP contribution in [0.5, 0.6) is 0 Å².